The lowest BCUT2D eigenvalue weighted by Gasteiger charge is -2.12. The summed E-state index contributed by atoms with van der Waals surface area (Å²) < 4.78 is 11.6. The number of hydrogen-bond acceptors (Lipinski definition) is 5. The van der Waals surface area contributed by atoms with Crippen molar-refractivity contribution in [3.05, 3.63) is 37.6 Å². The van der Waals surface area contributed by atoms with E-state index in [-0.39, 0.29) is 13.2 Å². The van der Waals surface area contributed by atoms with Gasteiger partial charge in [-0.3, -0.25) is 14.3 Å². The van der Waals surface area contributed by atoms with E-state index in [1.54, 1.807) is 0 Å². The molecule has 1 aromatic rings. The first-order valence-corrected chi connectivity index (χ1v) is 6.07. The molecule has 18 heavy (non-hydrogen) atoms. The SMILES string of the molecule is O=c1[nH]c(=O)n(C2COC(CO)O2)cc1/C=C/Br. The average molecular weight is 319 g/mol. The summed E-state index contributed by atoms with van der Waals surface area (Å²) in [5.41, 5.74) is -0.758. The summed E-state index contributed by atoms with van der Waals surface area (Å²) in [5, 5.41) is 8.87. The van der Waals surface area contributed by atoms with Gasteiger partial charge in [0.15, 0.2) is 12.5 Å². The van der Waals surface area contributed by atoms with Crippen LogP contribution in [-0.2, 0) is 9.47 Å². The van der Waals surface area contributed by atoms with Gasteiger partial charge in [0.1, 0.15) is 0 Å². The van der Waals surface area contributed by atoms with E-state index in [1.807, 2.05) is 0 Å². The quantitative estimate of drug-likeness (QED) is 0.802. The van der Waals surface area contributed by atoms with Crippen LogP contribution in [0.1, 0.15) is 11.8 Å². The summed E-state index contributed by atoms with van der Waals surface area (Å²) in [7, 11) is 0. The lowest BCUT2D eigenvalue weighted by atomic mass is 10.3. The molecule has 2 N–H and O–H groups in total. The topological polar surface area (TPSA) is 93.6 Å². The zero-order valence-corrected chi connectivity index (χ0v) is 10.8. The number of halogens is 1. The molecule has 0 bridgehead atoms. The zero-order chi connectivity index (χ0) is 13.1. The molecule has 2 unspecified atom stereocenters. The minimum absolute atomic E-state index is 0.134. The second-order valence-electron chi connectivity index (χ2n) is 3.58. The summed E-state index contributed by atoms with van der Waals surface area (Å²) >= 11 is 3.06. The molecule has 0 aromatic carbocycles. The predicted octanol–water partition coefficient (Wildman–Crippen LogP) is -0.234. The molecule has 1 aliphatic heterocycles. The van der Waals surface area contributed by atoms with Gasteiger partial charge >= 0.3 is 5.69 Å². The van der Waals surface area contributed by atoms with Crippen LogP contribution >= 0.6 is 15.9 Å². The third kappa shape index (κ3) is 2.61. The molecule has 1 fully saturated rings. The highest BCUT2D eigenvalue weighted by Crippen LogP contribution is 2.18. The van der Waals surface area contributed by atoms with E-state index < -0.39 is 23.8 Å². The Bertz CT molecular complexity index is 564. The van der Waals surface area contributed by atoms with Crippen LogP contribution in [0.15, 0.2) is 20.8 Å². The predicted molar refractivity (Wildman–Crippen MR) is 66.2 cm³/mol. The van der Waals surface area contributed by atoms with Gasteiger partial charge in [-0.1, -0.05) is 15.9 Å². The highest BCUT2D eigenvalue weighted by molar-refractivity contribution is 9.11. The molecule has 1 aromatic heterocycles. The zero-order valence-electron chi connectivity index (χ0n) is 9.21. The van der Waals surface area contributed by atoms with Gasteiger partial charge in [0.25, 0.3) is 5.56 Å². The van der Waals surface area contributed by atoms with E-state index in [0.717, 1.165) is 0 Å². The monoisotopic (exact) mass is 318 g/mol. The van der Waals surface area contributed by atoms with Gasteiger partial charge in [-0.05, 0) is 11.1 Å². The highest BCUT2D eigenvalue weighted by Gasteiger charge is 2.27. The fourth-order valence-electron chi connectivity index (χ4n) is 1.59. The molecule has 8 heteroatoms. The van der Waals surface area contributed by atoms with Crippen LogP contribution in [0.25, 0.3) is 6.08 Å². The first-order valence-electron chi connectivity index (χ1n) is 5.16. The second kappa shape index (κ2) is 5.61. The van der Waals surface area contributed by atoms with E-state index in [0.29, 0.717) is 5.56 Å². The largest absolute Gasteiger partial charge is 0.391 e. The van der Waals surface area contributed by atoms with Crippen molar-refractivity contribution in [1.82, 2.24) is 9.55 Å². The molecular weight excluding hydrogens is 308 g/mol. The summed E-state index contributed by atoms with van der Waals surface area (Å²) in [6.45, 7) is -0.155. The van der Waals surface area contributed by atoms with Crippen LogP contribution in [0.3, 0.4) is 0 Å². The third-order valence-electron chi connectivity index (χ3n) is 2.43. The Morgan fingerprint density at radius 1 is 1.61 bits per heavy atom. The Balaban J connectivity index is 2.36. The summed E-state index contributed by atoms with van der Waals surface area (Å²) in [4.78, 5) is 26.8. The molecule has 2 atom stereocenters. The van der Waals surface area contributed by atoms with Crippen molar-refractivity contribution < 1.29 is 14.6 Å². The van der Waals surface area contributed by atoms with Crippen LogP contribution in [-0.4, -0.2) is 34.2 Å². The first-order chi connectivity index (χ1) is 8.65. The van der Waals surface area contributed by atoms with Gasteiger partial charge in [0.05, 0.1) is 18.8 Å². The van der Waals surface area contributed by atoms with Crippen molar-refractivity contribution in [2.75, 3.05) is 13.2 Å². The Morgan fingerprint density at radius 2 is 2.39 bits per heavy atom. The van der Waals surface area contributed by atoms with Crippen LogP contribution in [0.2, 0.25) is 0 Å². The number of nitrogens with zero attached hydrogens (tertiary/aromatic N) is 1. The summed E-state index contributed by atoms with van der Waals surface area (Å²) in [6, 6.07) is 0. The molecule has 0 saturated carbocycles. The average Bonchev–Trinajstić information content (AvgIpc) is 2.81. The van der Waals surface area contributed by atoms with Gasteiger partial charge in [-0.15, -0.1) is 0 Å². The number of nitrogens with one attached hydrogen (secondary N) is 1. The Labute approximate surface area is 110 Å². The Kier molecular flexibility index (Phi) is 4.12. The molecule has 1 aliphatic rings. The van der Waals surface area contributed by atoms with Crippen molar-refractivity contribution in [2.24, 2.45) is 0 Å². The summed E-state index contributed by atoms with van der Waals surface area (Å²) in [6.07, 6.45) is 1.49. The maximum absolute atomic E-state index is 11.7. The van der Waals surface area contributed by atoms with Crippen LogP contribution in [0.5, 0.6) is 0 Å². The van der Waals surface area contributed by atoms with Crippen LogP contribution < -0.4 is 11.2 Å². The lowest BCUT2D eigenvalue weighted by Crippen LogP contribution is -2.34. The minimum atomic E-state index is -0.746. The molecule has 7 nitrogen and oxygen atoms in total. The lowest BCUT2D eigenvalue weighted by molar-refractivity contribution is -0.0993. The normalized spacial score (nSPS) is 23.9. The number of ether oxygens (including phenoxy) is 2. The van der Waals surface area contributed by atoms with Gasteiger partial charge < -0.3 is 14.6 Å². The molecule has 98 valence electrons. The third-order valence-corrected chi connectivity index (χ3v) is 2.70. The fraction of sp³-hybridized carbons (Fsp3) is 0.400. The molecule has 0 amide bonds. The fourth-order valence-corrected chi connectivity index (χ4v) is 1.87. The van der Waals surface area contributed by atoms with Gasteiger partial charge in [0, 0.05) is 6.20 Å². The number of hydrogen-bond donors (Lipinski definition) is 2. The molecule has 0 radical (unpaired) electrons. The van der Waals surface area contributed by atoms with Gasteiger partial charge in [-0.2, -0.15) is 0 Å². The van der Waals surface area contributed by atoms with Crippen molar-refractivity contribution in [2.45, 2.75) is 12.5 Å². The number of aromatic amines is 1. The van der Waals surface area contributed by atoms with Crippen LogP contribution in [0.4, 0.5) is 0 Å². The van der Waals surface area contributed by atoms with E-state index in [1.165, 1.54) is 21.8 Å². The van der Waals surface area contributed by atoms with E-state index in [4.69, 9.17) is 14.6 Å². The van der Waals surface area contributed by atoms with Crippen LogP contribution in [0, 0.1) is 0 Å². The Morgan fingerprint density at radius 3 is 3.00 bits per heavy atom. The van der Waals surface area contributed by atoms with Crippen molar-refractivity contribution >= 4 is 22.0 Å². The molecule has 2 heterocycles. The maximum Gasteiger partial charge on any atom is 0.330 e. The van der Waals surface area contributed by atoms with Crippen molar-refractivity contribution in [3.8, 4) is 0 Å². The second-order valence-corrected chi connectivity index (χ2v) is 4.11. The van der Waals surface area contributed by atoms with Gasteiger partial charge in [-0.25, -0.2) is 4.79 Å². The standard InChI is InChI=1S/C10H11BrN2O5/c11-2-1-6-3-13(10(16)12-9(6)15)7-5-17-8(4-14)18-7/h1-3,7-8,14H,4-5H2,(H,12,15,16)/b2-1+. The van der Waals surface area contributed by atoms with E-state index in [2.05, 4.69) is 20.9 Å². The number of rotatable bonds is 3. The van der Waals surface area contributed by atoms with Crippen molar-refractivity contribution in [3.63, 3.8) is 0 Å². The number of aliphatic hydroxyl groups is 1. The first kappa shape index (κ1) is 13.2. The number of aliphatic hydroxyl groups excluding tert-OH is 1. The molecule has 2 rings (SSSR count). The smallest absolute Gasteiger partial charge is 0.330 e. The number of H-pyrrole nitrogens is 1. The molecule has 0 aliphatic carbocycles. The molecular formula is C10H11BrN2O5. The van der Waals surface area contributed by atoms with E-state index >= 15 is 0 Å². The Hall–Kier alpha value is -1.22. The highest BCUT2D eigenvalue weighted by atomic mass is 79.9. The molecule has 0 spiro atoms. The minimum Gasteiger partial charge on any atom is -0.391 e. The summed E-state index contributed by atoms with van der Waals surface area (Å²) in [5.74, 6) is 0. The maximum atomic E-state index is 11.7. The van der Waals surface area contributed by atoms with Gasteiger partial charge in [0.2, 0.25) is 0 Å². The van der Waals surface area contributed by atoms with E-state index in [9.17, 15) is 9.59 Å². The number of aromatic nitrogens is 2. The van der Waals surface area contributed by atoms with Crippen molar-refractivity contribution in [1.29, 1.82) is 0 Å². The molecule has 1 saturated heterocycles.